The fourth-order valence-electron chi connectivity index (χ4n) is 2.68. The summed E-state index contributed by atoms with van der Waals surface area (Å²) in [7, 11) is 0. The number of halogens is 1. The number of rotatable bonds is 6. The smallest absolute Gasteiger partial charge is 0.257 e. The average molecular weight is 396 g/mol. The minimum absolute atomic E-state index is 0.00913. The van der Waals surface area contributed by atoms with Crippen LogP contribution >= 0.6 is 11.6 Å². The van der Waals surface area contributed by atoms with Gasteiger partial charge in [-0.1, -0.05) is 23.7 Å². The van der Waals surface area contributed by atoms with Crippen molar-refractivity contribution in [1.29, 1.82) is 0 Å². The lowest BCUT2D eigenvalue weighted by atomic mass is 10.2. The zero-order valence-corrected chi connectivity index (χ0v) is 16.7. The molecule has 0 bridgehead atoms. The lowest BCUT2D eigenvalue weighted by Crippen LogP contribution is -2.15. The summed E-state index contributed by atoms with van der Waals surface area (Å²) in [5.41, 5.74) is 3.68. The Morgan fingerprint density at radius 2 is 1.86 bits per heavy atom. The highest BCUT2D eigenvalue weighted by Crippen LogP contribution is 2.26. The second-order valence-corrected chi connectivity index (χ2v) is 7.10. The summed E-state index contributed by atoms with van der Waals surface area (Å²) in [6.45, 7) is 5.84. The van der Waals surface area contributed by atoms with Gasteiger partial charge in [0, 0.05) is 16.9 Å². The molecule has 28 heavy (non-hydrogen) atoms. The molecule has 3 aromatic rings. The van der Waals surface area contributed by atoms with Crippen molar-refractivity contribution in [2.45, 2.75) is 26.9 Å². The topological polar surface area (TPSA) is 63.2 Å². The van der Waals surface area contributed by atoms with Crippen LogP contribution in [0.5, 0.6) is 5.75 Å². The molecule has 0 spiro atoms. The maximum atomic E-state index is 12.7. The molecule has 2 N–H and O–H groups in total. The predicted molar refractivity (Wildman–Crippen MR) is 114 cm³/mol. The first-order chi connectivity index (χ1) is 13.4. The Morgan fingerprint density at radius 1 is 1.07 bits per heavy atom. The number of hydrogen-bond donors (Lipinski definition) is 2. The van der Waals surface area contributed by atoms with Gasteiger partial charge >= 0.3 is 0 Å². The maximum absolute atomic E-state index is 12.7. The third kappa shape index (κ3) is 5.02. The standard InChI is InChI=1S/C22H22ClN3O2/c1-14(2)28-21-7-5-4-6-20(21)26-22(27)16-11-18(13-24-12-16)25-19-9-8-17(23)10-15(19)3/h4-14,25H,1-3H3,(H,26,27). The summed E-state index contributed by atoms with van der Waals surface area (Å²) >= 11 is 6.00. The number of aryl methyl sites for hydroxylation is 1. The number of hydrogen-bond acceptors (Lipinski definition) is 4. The number of pyridine rings is 1. The van der Waals surface area contributed by atoms with E-state index in [1.165, 1.54) is 6.20 Å². The molecule has 0 aliphatic rings. The van der Waals surface area contributed by atoms with Crippen molar-refractivity contribution in [3.05, 3.63) is 77.1 Å². The molecule has 0 fully saturated rings. The third-order valence-electron chi connectivity index (χ3n) is 3.97. The van der Waals surface area contributed by atoms with Crippen LogP contribution < -0.4 is 15.4 Å². The molecule has 1 aromatic heterocycles. The number of carbonyl (C=O) groups is 1. The van der Waals surface area contributed by atoms with E-state index in [1.807, 2.05) is 63.2 Å². The molecule has 2 aromatic carbocycles. The highest BCUT2D eigenvalue weighted by Gasteiger charge is 2.12. The first-order valence-electron chi connectivity index (χ1n) is 8.97. The SMILES string of the molecule is Cc1cc(Cl)ccc1Nc1cncc(C(=O)Nc2ccccc2OC(C)C)c1. The van der Waals surface area contributed by atoms with Crippen LogP contribution in [0.3, 0.4) is 0 Å². The van der Waals surface area contributed by atoms with E-state index in [0.29, 0.717) is 27.7 Å². The summed E-state index contributed by atoms with van der Waals surface area (Å²) in [5, 5.41) is 6.84. The fraction of sp³-hybridized carbons (Fsp3) is 0.182. The van der Waals surface area contributed by atoms with Crippen LogP contribution in [-0.4, -0.2) is 17.0 Å². The summed E-state index contributed by atoms with van der Waals surface area (Å²) in [6, 6.07) is 14.7. The Balaban J connectivity index is 1.78. The number of amides is 1. The van der Waals surface area contributed by atoms with Gasteiger partial charge < -0.3 is 15.4 Å². The van der Waals surface area contributed by atoms with Crippen LogP contribution in [-0.2, 0) is 0 Å². The van der Waals surface area contributed by atoms with Crippen LogP contribution in [0.25, 0.3) is 0 Å². The van der Waals surface area contributed by atoms with Crippen molar-refractivity contribution >= 4 is 34.6 Å². The van der Waals surface area contributed by atoms with E-state index in [-0.39, 0.29) is 12.0 Å². The van der Waals surface area contributed by atoms with Gasteiger partial charge in [0.2, 0.25) is 0 Å². The van der Waals surface area contributed by atoms with Gasteiger partial charge in [-0.05, 0) is 62.7 Å². The van der Waals surface area contributed by atoms with E-state index < -0.39 is 0 Å². The van der Waals surface area contributed by atoms with Crippen molar-refractivity contribution in [3.8, 4) is 5.75 Å². The Morgan fingerprint density at radius 3 is 2.61 bits per heavy atom. The maximum Gasteiger partial charge on any atom is 0.257 e. The summed E-state index contributed by atoms with van der Waals surface area (Å²) in [5.74, 6) is 0.369. The number of carbonyl (C=O) groups excluding carboxylic acids is 1. The van der Waals surface area contributed by atoms with Crippen molar-refractivity contribution in [2.24, 2.45) is 0 Å². The molecule has 0 atom stereocenters. The second-order valence-electron chi connectivity index (χ2n) is 6.66. The molecule has 6 heteroatoms. The van der Waals surface area contributed by atoms with Gasteiger partial charge in [0.05, 0.1) is 29.2 Å². The molecular weight excluding hydrogens is 374 g/mol. The monoisotopic (exact) mass is 395 g/mol. The van der Waals surface area contributed by atoms with Crippen LogP contribution in [0.4, 0.5) is 17.1 Å². The van der Waals surface area contributed by atoms with Gasteiger partial charge in [-0.2, -0.15) is 0 Å². The Labute approximate surface area is 169 Å². The van der Waals surface area contributed by atoms with E-state index in [4.69, 9.17) is 16.3 Å². The van der Waals surface area contributed by atoms with Gasteiger partial charge in [-0.25, -0.2) is 0 Å². The molecular formula is C22H22ClN3O2. The van der Waals surface area contributed by atoms with E-state index in [9.17, 15) is 4.79 Å². The summed E-state index contributed by atoms with van der Waals surface area (Å²) in [6.07, 6.45) is 3.21. The zero-order chi connectivity index (χ0) is 20.1. The molecule has 0 saturated heterocycles. The number of para-hydroxylation sites is 2. The third-order valence-corrected chi connectivity index (χ3v) is 4.20. The molecule has 1 heterocycles. The Kier molecular flexibility index (Phi) is 6.16. The second kappa shape index (κ2) is 8.76. The number of aromatic nitrogens is 1. The minimum atomic E-state index is -0.260. The predicted octanol–water partition coefficient (Wildman–Crippen LogP) is 5.83. The molecule has 5 nitrogen and oxygen atoms in total. The quantitative estimate of drug-likeness (QED) is 0.551. The number of ether oxygens (including phenoxy) is 1. The normalized spacial score (nSPS) is 10.6. The van der Waals surface area contributed by atoms with Gasteiger partial charge in [0.15, 0.2) is 0 Å². The largest absolute Gasteiger partial charge is 0.489 e. The van der Waals surface area contributed by atoms with E-state index in [2.05, 4.69) is 15.6 Å². The molecule has 3 rings (SSSR count). The van der Waals surface area contributed by atoms with Crippen molar-refractivity contribution < 1.29 is 9.53 Å². The highest BCUT2D eigenvalue weighted by atomic mass is 35.5. The molecule has 0 aliphatic carbocycles. The number of benzene rings is 2. The van der Waals surface area contributed by atoms with Gasteiger partial charge in [0.25, 0.3) is 5.91 Å². The lowest BCUT2D eigenvalue weighted by molar-refractivity contribution is 0.102. The molecule has 0 saturated carbocycles. The lowest BCUT2D eigenvalue weighted by Gasteiger charge is -2.15. The first kappa shape index (κ1) is 19.7. The van der Waals surface area contributed by atoms with Crippen LogP contribution in [0.1, 0.15) is 29.8 Å². The molecule has 0 aliphatic heterocycles. The average Bonchev–Trinajstić information content (AvgIpc) is 2.65. The van der Waals surface area contributed by atoms with Crippen molar-refractivity contribution in [1.82, 2.24) is 4.98 Å². The van der Waals surface area contributed by atoms with Crippen molar-refractivity contribution in [3.63, 3.8) is 0 Å². The first-order valence-corrected chi connectivity index (χ1v) is 9.35. The van der Waals surface area contributed by atoms with E-state index in [1.54, 1.807) is 12.3 Å². The van der Waals surface area contributed by atoms with Crippen molar-refractivity contribution in [2.75, 3.05) is 10.6 Å². The minimum Gasteiger partial charge on any atom is -0.489 e. The Bertz CT molecular complexity index is 989. The summed E-state index contributed by atoms with van der Waals surface area (Å²) in [4.78, 5) is 16.9. The fourth-order valence-corrected chi connectivity index (χ4v) is 2.90. The Hall–Kier alpha value is -3.05. The van der Waals surface area contributed by atoms with E-state index in [0.717, 1.165) is 11.3 Å². The zero-order valence-electron chi connectivity index (χ0n) is 16.0. The van der Waals surface area contributed by atoms with Crippen LogP contribution in [0.15, 0.2) is 60.9 Å². The highest BCUT2D eigenvalue weighted by molar-refractivity contribution is 6.30. The molecule has 0 unspecified atom stereocenters. The number of anilines is 3. The number of nitrogens with zero attached hydrogens (tertiary/aromatic N) is 1. The van der Waals surface area contributed by atoms with Gasteiger partial charge in [0.1, 0.15) is 5.75 Å². The number of nitrogens with one attached hydrogen (secondary N) is 2. The molecule has 0 radical (unpaired) electrons. The summed E-state index contributed by atoms with van der Waals surface area (Å²) < 4.78 is 5.75. The molecule has 1 amide bonds. The van der Waals surface area contributed by atoms with E-state index >= 15 is 0 Å². The van der Waals surface area contributed by atoms with Crippen LogP contribution in [0, 0.1) is 6.92 Å². The van der Waals surface area contributed by atoms with Crippen LogP contribution in [0.2, 0.25) is 5.02 Å². The van der Waals surface area contributed by atoms with Gasteiger partial charge in [-0.15, -0.1) is 0 Å². The molecule has 144 valence electrons. The van der Waals surface area contributed by atoms with Gasteiger partial charge in [-0.3, -0.25) is 9.78 Å².